The van der Waals surface area contributed by atoms with E-state index in [0.29, 0.717) is 61.3 Å². The van der Waals surface area contributed by atoms with E-state index in [0.717, 1.165) is 45.3 Å². The van der Waals surface area contributed by atoms with E-state index < -0.39 is 17.9 Å². The average molecular weight is 1040 g/mol. The van der Waals surface area contributed by atoms with Gasteiger partial charge in [-0.25, -0.2) is 0 Å². The van der Waals surface area contributed by atoms with E-state index in [1.54, 1.807) is 48.5 Å². The molecule has 0 amide bonds. The van der Waals surface area contributed by atoms with Crippen molar-refractivity contribution < 1.29 is 48.9 Å². The average Bonchev–Trinajstić information content (AvgIpc) is 4.13. The molecule has 3 N–H and O–H groups in total. The SMILES string of the molecule is O=CCc1cc(C(=O)c2ccc(-c3ccc(C(=O)c4cc(CC(=O)O)c(-c5ccc(-c6sccc6CC(=O)O)s5)s4)s3)s2)sc1-c1ccc(-c2sc(C(=O)c3cccs3)cc2CC(=O)O)s1. The molecule has 9 aromatic rings. The molecule has 330 valence electrons. The zero-order valence-corrected chi connectivity index (χ0v) is 40.9. The van der Waals surface area contributed by atoms with Gasteiger partial charge in [0.1, 0.15) is 6.29 Å². The van der Waals surface area contributed by atoms with Gasteiger partial charge >= 0.3 is 17.9 Å². The van der Waals surface area contributed by atoms with E-state index in [-0.39, 0.29) is 43.0 Å². The van der Waals surface area contributed by atoms with Gasteiger partial charge in [-0.05, 0) is 112 Å². The molecule has 0 fully saturated rings. The first-order chi connectivity index (χ1) is 31.8. The lowest BCUT2D eigenvalue weighted by atomic mass is 10.1. The fourth-order valence-electron chi connectivity index (χ4n) is 7.05. The van der Waals surface area contributed by atoms with E-state index >= 15 is 0 Å². The van der Waals surface area contributed by atoms with Crippen LogP contribution < -0.4 is 0 Å². The van der Waals surface area contributed by atoms with E-state index in [1.807, 2.05) is 47.2 Å². The molecule has 0 unspecified atom stereocenters. The molecule has 0 aliphatic rings. The van der Waals surface area contributed by atoms with Crippen molar-refractivity contribution in [2.75, 3.05) is 0 Å². The van der Waals surface area contributed by atoms with Crippen molar-refractivity contribution in [2.45, 2.75) is 25.7 Å². The highest BCUT2D eigenvalue weighted by atomic mass is 32.1. The molecule has 9 heterocycles. The second-order valence-electron chi connectivity index (χ2n) is 14.4. The van der Waals surface area contributed by atoms with Crippen LogP contribution in [0.3, 0.4) is 0 Å². The zero-order valence-electron chi connectivity index (χ0n) is 33.5. The van der Waals surface area contributed by atoms with E-state index in [2.05, 4.69) is 0 Å². The molecular formula is C47H28O10S9. The van der Waals surface area contributed by atoms with Crippen LogP contribution in [-0.4, -0.2) is 56.9 Å². The number of rotatable bonds is 19. The van der Waals surface area contributed by atoms with Crippen molar-refractivity contribution in [2.24, 2.45) is 0 Å². The number of aliphatic carboxylic acids is 3. The van der Waals surface area contributed by atoms with Gasteiger partial charge in [0.25, 0.3) is 0 Å². The minimum Gasteiger partial charge on any atom is -0.481 e. The van der Waals surface area contributed by atoms with Crippen LogP contribution in [0.25, 0.3) is 48.8 Å². The molecule has 66 heavy (non-hydrogen) atoms. The van der Waals surface area contributed by atoms with Crippen molar-refractivity contribution in [1.82, 2.24) is 0 Å². The number of ketones is 3. The van der Waals surface area contributed by atoms with Gasteiger partial charge in [-0.15, -0.1) is 102 Å². The summed E-state index contributed by atoms with van der Waals surface area (Å²) in [7, 11) is 0. The summed E-state index contributed by atoms with van der Waals surface area (Å²) < 4.78 is 0. The van der Waals surface area contributed by atoms with Crippen molar-refractivity contribution >= 4 is 144 Å². The van der Waals surface area contributed by atoms with Crippen LogP contribution in [0.15, 0.2) is 95.7 Å². The lowest BCUT2D eigenvalue weighted by Crippen LogP contribution is -2.00. The van der Waals surface area contributed by atoms with E-state index in [9.17, 15) is 48.9 Å². The summed E-state index contributed by atoms with van der Waals surface area (Å²) >= 11 is 11.9. The Bertz CT molecular complexity index is 3350. The number of hydrogen-bond donors (Lipinski definition) is 3. The summed E-state index contributed by atoms with van der Waals surface area (Å²) in [6.45, 7) is 0. The second-order valence-corrected chi connectivity index (χ2v) is 23.7. The highest BCUT2D eigenvalue weighted by Crippen LogP contribution is 2.46. The number of aldehydes is 1. The first-order valence-electron chi connectivity index (χ1n) is 19.5. The number of carboxylic acids is 3. The molecule has 0 aliphatic carbocycles. The zero-order chi connectivity index (χ0) is 46.2. The minimum atomic E-state index is -1.03. The van der Waals surface area contributed by atoms with Crippen LogP contribution in [0.5, 0.6) is 0 Å². The van der Waals surface area contributed by atoms with Crippen LogP contribution in [-0.2, 0) is 44.9 Å². The predicted octanol–water partition coefficient (Wildman–Crippen LogP) is 12.9. The van der Waals surface area contributed by atoms with Gasteiger partial charge in [0, 0.05) is 55.2 Å². The molecule has 9 aromatic heterocycles. The number of hydrogen-bond acceptors (Lipinski definition) is 16. The van der Waals surface area contributed by atoms with Crippen LogP contribution in [0.4, 0.5) is 0 Å². The summed E-state index contributed by atoms with van der Waals surface area (Å²) in [6, 6.07) is 24.9. The number of thiophene rings is 9. The fourth-order valence-corrected chi connectivity index (χ4v) is 16.9. The van der Waals surface area contributed by atoms with Crippen molar-refractivity contribution in [3.8, 4) is 48.8 Å². The van der Waals surface area contributed by atoms with Gasteiger partial charge in [-0.1, -0.05) is 6.07 Å². The molecule has 0 aliphatic heterocycles. The third-order valence-corrected chi connectivity index (χ3v) is 20.5. The Labute approximate surface area is 410 Å². The summed E-state index contributed by atoms with van der Waals surface area (Å²) in [5, 5.41) is 32.4. The molecule has 0 saturated heterocycles. The highest BCUT2D eigenvalue weighted by molar-refractivity contribution is 7.29. The largest absolute Gasteiger partial charge is 0.481 e. The number of carbonyl (C=O) groups excluding carboxylic acids is 4. The van der Waals surface area contributed by atoms with Gasteiger partial charge < -0.3 is 20.1 Å². The Morgan fingerprint density at radius 3 is 1.27 bits per heavy atom. The smallest absolute Gasteiger partial charge is 0.307 e. The van der Waals surface area contributed by atoms with Gasteiger partial charge in [0.15, 0.2) is 0 Å². The molecule has 0 saturated carbocycles. The Kier molecular flexibility index (Phi) is 13.3. The molecule has 0 radical (unpaired) electrons. The van der Waals surface area contributed by atoms with Crippen LogP contribution in [0.2, 0.25) is 0 Å². The van der Waals surface area contributed by atoms with Gasteiger partial charge in [0.05, 0.1) is 48.5 Å². The van der Waals surface area contributed by atoms with E-state index in [4.69, 9.17) is 0 Å². The molecule has 19 heteroatoms. The summed E-state index contributed by atoms with van der Waals surface area (Å²) in [5.41, 5.74) is 2.43. The first-order valence-corrected chi connectivity index (χ1v) is 26.9. The Balaban J connectivity index is 0.939. The van der Waals surface area contributed by atoms with Crippen molar-refractivity contribution in [1.29, 1.82) is 0 Å². The molecule has 9 rings (SSSR count). The second kappa shape index (κ2) is 19.3. The molecule has 0 spiro atoms. The third-order valence-electron chi connectivity index (χ3n) is 9.93. The normalized spacial score (nSPS) is 11.3. The molecule has 0 aromatic carbocycles. The lowest BCUT2D eigenvalue weighted by molar-refractivity contribution is -0.137. The maximum Gasteiger partial charge on any atom is 0.307 e. The molecular weight excluding hydrogens is 1010 g/mol. The maximum absolute atomic E-state index is 14.0. The van der Waals surface area contributed by atoms with Gasteiger partial charge in [0.2, 0.25) is 17.3 Å². The number of carbonyl (C=O) groups is 7. The molecule has 0 atom stereocenters. The van der Waals surface area contributed by atoms with E-state index in [1.165, 1.54) is 102 Å². The van der Waals surface area contributed by atoms with Crippen molar-refractivity contribution in [3.63, 3.8) is 0 Å². The van der Waals surface area contributed by atoms with Crippen LogP contribution in [0, 0.1) is 0 Å². The quantitative estimate of drug-likeness (QED) is 0.0521. The Morgan fingerprint density at radius 2 is 0.818 bits per heavy atom. The topological polar surface area (TPSA) is 180 Å². The highest BCUT2D eigenvalue weighted by Gasteiger charge is 2.26. The number of carboxylic acid groups (broad SMARTS) is 3. The molecule has 10 nitrogen and oxygen atoms in total. The predicted molar refractivity (Wildman–Crippen MR) is 268 cm³/mol. The standard InChI is InChI=1S/C47H28O10S9/c48-13-11-22-16-35(64-45(22)32-9-10-34(63-32)47-24(20-39(51)52)17-36(65-47)41(55)28-2-1-14-58-28)42(56)29-5-3-26(60-29)27-4-6-30(61-27)43(57)37-18-25(21-40(53)54)46(66-37)33-8-7-31(62-33)44-23(12-15-59-44)19-38(49)50/h1-10,12-18H,11,19-21H2,(H,49,50)(H,51,52)(H,53,54). The molecule has 0 bridgehead atoms. The van der Waals surface area contributed by atoms with Gasteiger partial charge in [-0.3, -0.25) is 28.8 Å². The summed E-state index contributed by atoms with van der Waals surface area (Å²) in [5.74, 6) is -3.62. The third kappa shape index (κ3) is 9.49. The Morgan fingerprint density at radius 1 is 0.394 bits per heavy atom. The van der Waals surface area contributed by atoms with Crippen LogP contribution in [0.1, 0.15) is 65.9 Å². The van der Waals surface area contributed by atoms with Gasteiger partial charge in [-0.2, -0.15) is 0 Å². The fraction of sp³-hybridized carbons (Fsp3) is 0.0851. The van der Waals surface area contributed by atoms with Crippen LogP contribution >= 0.6 is 102 Å². The first kappa shape index (κ1) is 45.5. The lowest BCUT2D eigenvalue weighted by Gasteiger charge is -1.99. The maximum atomic E-state index is 14.0. The Hall–Kier alpha value is -5.61. The summed E-state index contributed by atoms with van der Waals surface area (Å²) in [6.07, 6.45) is 0.225. The minimum absolute atomic E-state index is 0.0826. The summed E-state index contributed by atoms with van der Waals surface area (Å²) in [4.78, 5) is 98.6. The van der Waals surface area contributed by atoms with Crippen molar-refractivity contribution in [3.05, 3.63) is 147 Å². The monoisotopic (exact) mass is 1040 g/mol.